The highest BCUT2D eigenvalue weighted by Crippen LogP contribution is 1.83. The van der Waals surface area contributed by atoms with Gasteiger partial charge in [-0.15, -0.1) is 0 Å². The summed E-state index contributed by atoms with van der Waals surface area (Å²) in [4.78, 5) is 4.76. The van der Waals surface area contributed by atoms with E-state index >= 15 is 0 Å². The summed E-state index contributed by atoms with van der Waals surface area (Å²) in [5, 5.41) is 8.02. The average Bonchev–Trinajstić information content (AvgIpc) is 1.80. The minimum absolute atomic E-state index is 0.216. The normalized spacial score (nSPS) is 8.44. The van der Waals surface area contributed by atoms with Crippen molar-refractivity contribution in [3.05, 3.63) is 12.2 Å². The zero-order chi connectivity index (χ0) is 7.11. The van der Waals surface area contributed by atoms with Gasteiger partial charge in [-0.2, -0.15) is 10.7 Å². The van der Waals surface area contributed by atoms with Gasteiger partial charge in [-0.3, -0.25) is 4.84 Å². The van der Waals surface area contributed by atoms with Gasteiger partial charge in [0.2, 0.25) is 0 Å². The molecule has 0 aliphatic rings. The van der Waals surface area contributed by atoms with Crippen molar-refractivity contribution in [2.24, 2.45) is 0 Å². The number of hydrogen-bond donors (Lipinski definition) is 1. The van der Waals surface area contributed by atoms with Crippen LogP contribution in [0.15, 0.2) is 12.2 Å². The van der Waals surface area contributed by atoms with E-state index in [0.717, 1.165) is 5.57 Å². The highest BCUT2D eigenvalue weighted by molar-refractivity contribution is 4.87. The topological polar surface area (TPSA) is 45.0 Å². The molecule has 0 spiro atoms. The summed E-state index contributed by atoms with van der Waals surface area (Å²) in [7, 11) is 0. The van der Waals surface area contributed by atoms with E-state index in [2.05, 4.69) is 12.1 Å². The maximum atomic E-state index is 8.02. The van der Waals surface area contributed by atoms with Gasteiger partial charge in [0.1, 0.15) is 6.54 Å². The second kappa shape index (κ2) is 5.29. The molecule has 0 aliphatic carbocycles. The molecule has 0 bridgehead atoms. The van der Waals surface area contributed by atoms with Crippen LogP contribution in [-0.4, -0.2) is 13.2 Å². The smallest absolute Gasteiger partial charge is 0.108 e. The molecule has 0 fully saturated rings. The molecule has 0 saturated heterocycles. The van der Waals surface area contributed by atoms with Crippen LogP contribution in [0.3, 0.4) is 0 Å². The van der Waals surface area contributed by atoms with Crippen LogP contribution in [0.4, 0.5) is 0 Å². The lowest BCUT2D eigenvalue weighted by Crippen LogP contribution is -2.15. The molecule has 0 radical (unpaired) electrons. The highest BCUT2D eigenvalue weighted by Gasteiger charge is 1.83. The minimum atomic E-state index is 0.216. The summed E-state index contributed by atoms with van der Waals surface area (Å²) in [5.74, 6) is 0. The molecule has 0 heterocycles. The van der Waals surface area contributed by atoms with Crippen LogP contribution < -0.4 is 5.48 Å². The monoisotopic (exact) mass is 126 g/mol. The van der Waals surface area contributed by atoms with Crippen molar-refractivity contribution >= 4 is 0 Å². The van der Waals surface area contributed by atoms with Gasteiger partial charge in [-0.25, -0.2) is 0 Å². The third-order valence-electron chi connectivity index (χ3n) is 0.572. The molecular weight excluding hydrogens is 116 g/mol. The third kappa shape index (κ3) is 7.15. The molecule has 0 aromatic heterocycles. The number of nitriles is 1. The van der Waals surface area contributed by atoms with Crippen molar-refractivity contribution in [1.29, 1.82) is 5.26 Å². The Morgan fingerprint density at radius 3 is 3.00 bits per heavy atom. The van der Waals surface area contributed by atoms with Gasteiger partial charge in [0.05, 0.1) is 12.7 Å². The fraction of sp³-hybridized carbons (Fsp3) is 0.500. The Morgan fingerprint density at radius 1 is 1.89 bits per heavy atom. The van der Waals surface area contributed by atoms with Gasteiger partial charge in [0.15, 0.2) is 0 Å². The Labute approximate surface area is 54.9 Å². The number of nitrogens with one attached hydrogen (secondary N) is 1. The van der Waals surface area contributed by atoms with E-state index in [-0.39, 0.29) is 6.54 Å². The van der Waals surface area contributed by atoms with Gasteiger partial charge in [0, 0.05) is 0 Å². The summed E-state index contributed by atoms with van der Waals surface area (Å²) in [5.41, 5.74) is 3.38. The van der Waals surface area contributed by atoms with Gasteiger partial charge >= 0.3 is 0 Å². The number of hydrogen-bond acceptors (Lipinski definition) is 3. The van der Waals surface area contributed by atoms with E-state index < -0.39 is 0 Å². The van der Waals surface area contributed by atoms with E-state index in [9.17, 15) is 0 Å². The first-order valence-electron chi connectivity index (χ1n) is 2.63. The Kier molecular flexibility index (Phi) is 4.79. The van der Waals surface area contributed by atoms with Crippen LogP contribution in [0.25, 0.3) is 0 Å². The largest absolute Gasteiger partial charge is 0.296 e. The molecular formula is C6H10N2O. The molecule has 0 unspecified atom stereocenters. The van der Waals surface area contributed by atoms with Gasteiger partial charge in [-0.1, -0.05) is 12.2 Å². The summed E-state index contributed by atoms with van der Waals surface area (Å²) >= 11 is 0. The predicted molar refractivity (Wildman–Crippen MR) is 34.4 cm³/mol. The molecule has 1 N–H and O–H groups in total. The van der Waals surface area contributed by atoms with E-state index in [4.69, 9.17) is 10.1 Å². The lowest BCUT2D eigenvalue weighted by Gasteiger charge is -1.99. The molecule has 50 valence electrons. The molecule has 0 atom stereocenters. The van der Waals surface area contributed by atoms with Crippen LogP contribution in [0, 0.1) is 11.3 Å². The number of hydroxylamine groups is 1. The van der Waals surface area contributed by atoms with Crippen molar-refractivity contribution in [1.82, 2.24) is 5.48 Å². The zero-order valence-electron chi connectivity index (χ0n) is 5.48. The minimum Gasteiger partial charge on any atom is -0.296 e. The third-order valence-corrected chi connectivity index (χ3v) is 0.572. The quantitative estimate of drug-likeness (QED) is 0.260. The standard InChI is InChI=1S/C6H10N2O/c1-6(2)5-9-8-4-3-7/h8H,1,4-5H2,2H3. The Balaban J connectivity index is 2.94. The van der Waals surface area contributed by atoms with Crippen molar-refractivity contribution in [2.45, 2.75) is 6.92 Å². The first kappa shape index (κ1) is 8.15. The maximum absolute atomic E-state index is 8.02. The van der Waals surface area contributed by atoms with Crippen LogP contribution in [0.5, 0.6) is 0 Å². The fourth-order valence-electron chi connectivity index (χ4n) is 0.258. The first-order chi connectivity index (χ1) is 4.27. The van der Waals surface area contributed by atoms with Crippen LogP contribution >= 0.6 is 0 Å². The van der Waals surface area contributed by atoms with Gasteiger partial charge in [0.25, 0.3) is 0 Å². The molecule has 9 heavy (non-hydrogen) atoms. The van der Waals surface area contributed by atoms with Crippen LogP contribution in [-0.2, 0) is 4.84 Å². The zero-order valence-corrected chi connectivity index (χ0v) is 5.48. The van der Waals surface area contributed by atoms with Crippen molar-refractivity contribution < 1.29 is 4.84 Å². The molecule has 0 amide bonds. The molecule has 3 heteroatoms. The van der Waals surface area contributed by atoms with Crippen molar-refractivity contribution in [3.8, 4) is 6.07 Å². The second-order valence-corrected chi connectivity index (χ2v) is 1.73. The van der Waals surface area contributed by atoms with E-state index in [1.54, 1.807) is 0 Å². The van der Waals surface area contributed by atoms with Crippen LogP contribution in [0.1, 0.15) is 6.92 Å². The van der Waals surface area contributed by atoms with Crippen LogP contribution in [0.2, 0.25) is 0 Å². The second-order valence-electron chi connectivity index (χ2n) is 1.73. The predicted octanol–water partition coefficient (Wildman–Crippen LogP) is 0.607. The molecule has 0 saturated carbocycles. The molecule has 0 rings (SSSR count). The summed E-state index contributed by atoms with van der Waals surface area (Å²) < 4.78 is 0. The Hall–Kier alpha value is -0.850. The summed E-state index contributed by atoms with van der Waals surface area (Å²) in [6.45, 7) is 6.14. The first-order valence-corrected chi connectivity index (χ1v) is 2.63. The van der Waals surface area contributed by atoms with Crippen molar-refractivity contribution in [3.63, 3.8) is 0 Å². The van der Waals surface area contributed by atoms with E-state index in [1.165, 1.54) is 0 Å². The Bertz CT molecular complexity index is 126. The van der Waals surface area contributed by atoms with E-state index in [0.29, 0.717) is 6.61 Å². The summed E-state index contributed by atoms with van der Waals surface area (Å²) in [6, 6.07) is 1.88. The molecule has 3 nitrogen and oxygen atoms in total. The molecule has 0 aromatic rings. The van der Waals surface area contributed by atoms with Gasteiger partial charge in [-0.05, 0) is 6.92 Å². The summed E-state index contributed by atoms with van der Waals surface area (Å²) in [6.07, 6.45) is 0. The number of rotatable bonds is 4. The Morgan fingerprint density at radius 2 is 2.56 bits per heavy atom. The SMILES string of the molecule is C=C(C)CONCC#N. The lowest BCUT2D eigenvalue weighted by molar-refractivity contribution is 0.0672. The lowest BCUT2D eigenvalue weighted by atomic mass is 10.4. The molecule has 0 aromatic carbocycles. The average molecular weight is 126 g/mol. The van der Waals surface area contributed by atoms with Crippen molar-refractivity contribution in [2.75, 3.05) is 13.2 Å². The fourth-order valence-corrected chi connectivity index (χ4v) is 0.258. The number of nitrogens with zero attached hydrogens (tertiary/aromatic N) is 1. The maximum Gasteiger partial charge on any atom is 0.108 e. The highest BCUT2D eigenvalue weighted by atomic mass is 16.6. The van der Waals surface area contributed by atoms with E-state index in [1.807, 2.05) is 13.0 Å². The van der Waals surface area contributed by atoms with Gasteiger partial charge < -0.3 is 0 Å². The molecule has 0 aliphatic heterocycles.